The average Bonchev–Trinajstić information content (AvgIpc) is 2.89. The van der Waals surface area contributed by atoms with Crippen LogP contribution in [0.5, 0.6) is 5.75 Å². The fourth-order valence-electron chi connectivity index (χ4n) is 4.81. The Hall–Kier alpha value is -2.90. The van der Waals surface area contributed by atoms with Crippen LogP contribution in [0.15, 0.2) is 60.8 Å². The van der Waals surface area contributed by atoms with Crippen molar-refractivity contribution >= 4 is 23.1 Å². The van der Waals surface area contributed by atoms with Crippen LogP contribution in [-0.2, 0) is 0 Å². The molecule has 0 aromatic heterocycles. The number of halogens is 3. The third-order valence-electron chi connectivity index (χ3n) is 7.01. The highest BCUT2D eigenvalue weighted by Crippen LogP contribution is 2.45. The number of benzene rings is 2. The third-order valence-corrected chi connectivity index (χ3v) is 7.40. The van der Waals surface area contributed by atoms with Gasteiger partial charge < -0.3 is 20.1 Å². The Morgan fingerprint density at radius 3 is 2.61 bits per heavy atom. The Kier molecular flexibility index (Phi) is 7.71. The van der Waals surface area contributed by atoms with E-state index in [0.29, 0.717) is 11.3 Å². The van der Waals surface area contributed by atoms with Crippen LogP contribution in [0.3, 0.4) is 0 Å². The normalized spacial score (nSPS) is 19.4. The molecule has 4 rings (SSSR count). The second-order valence-electron chi connectivity index (χ2n) is 9.39. The van der Waals surface area contributed by atoms with Crippen LogP contribution >= 0.6 is 11.6 Å². The number of carbonyl (C=O) groups is 1. The van der Waals surface area contributed by atoms with Gasteiger partial charge in [0.25, 0.3) is 5.91 Å². The van der Waals surface area contributed by atoms with Gasteiger partial charge in [0, 0.05) is 32.1 Å². The number of hydrogen-bond donors (Lipinski definition) is 2. The average molecular weight is 517 g/mol. The van der Waals surface area contributed by atoms with Crippen molar-refractivity contribution in [3.63, 3.8) is 0 Å². The summed E-state index contributed by atoms with van der Waals surface area (Å²) >= 11 is 6.38. The third kappa shape index (κ3) is 5.57. The van der Waals surface area contributed by atoms with E-state index in [1.807, 2.05) is 24.3 Å². The van der Waals surface area contributed by atoms with Gasteiger partial charge in [0.1, 0.15) is 5.75 Å². The largest absolute Gasteiger partial charge is 0.495 e. The van der Waals surface area contributed by atoms with Gasteiger partial charge in [-0.25, -0.2) is 8.78 Å². The van der Waals surface area contributed by atoms with Crippen LogP contribution in [-0.4, -0.2) is 47.6 Å². The Morgan fingerprint density at radius 2 is 1.92 bits per heavy atom. The summed E-state index contributed by atoms with van der Waals surface area (Å²) in [6.07, 6.45) is 4.99. The Bertz CT molecular complexity index is 1170. The molecule has 1 saturated carbocycles. The van der Waals surface area contributed by atoms with Crippen LogP contribution in [0, 0.1) is 0 Å². The lowest BCUT2D eigenvalue weighted by molar-refractivity contribution is -0.116. The van der Waals surface area contributed by atoms with E-state index in [9.17, 15) is 18.7 Å². The second-order valence-corrected chi connectivity index (χ2v) is 9.77. The Morgan fingerprint density at radius 1 is 1.19 bits per heavy atom. The monoisotopic (exact) mass is 516 g/mol. The van der Waals surface area contributed by atoms with Gasteiger partial charge in [0.05, 0.1) is 29.3 Å². The zero-order valence-electron chi connectivity index (χ0n) is 20.4. The first-order chi connectivity index (χ1) is 17.2. The number of methoxy groups -OCH3 is 1. The van der Waals surface area contributed by atoms with Gasteiger partial charge >= 0.3 is 0 Å². The molecule has 2 aromatic carbocycles. The lowest BCUT2D eigenvalue weighted by Crippen LogP contribution is -2.50. The quantitative estimate of drug-likeness (QED) is 0.474. The number of amides is 1. The van der Waals surface area contributed by atoms with Gasteiger partial charge in [-0.05, 0) is 54.7 Å². The van der Waals surface area contributed by atoms with Crippen molar-refractivity contribution in [2.45, 2.75) is 50.2 Å². The molecule has 2 aliphatic rings. The number of alkyl halides is 2. The lowest BCUT2D eigenvalue weighted by Gasteiger charge is -2.42. The van der Waals surface area contributed by atoms with E-state index >= 15 is 0 Å². The minimum absolute atomic E-state index is 0.143. The molecule has 1 fully saturated rings. The van der Waals surface area contributed by atoms with Crippen LogP contribution in [0.4, 0.5) is 8.78 Å². The number of nitrogens with zero attached hydrogens (tertiary/aromatic N) is 1. The summed E-state index contributed by atoms with van der Waals surface area (Å²) in [5.41, 5.74) is 1.17. The van der Waals surface area contributed by atoms with E-state index in [1.165, 1.54) is 7.11 Å². The number of likely N-dealkylation sites (N-methyl/N-ethyl adjacent to an activating group) is 1. The summed E-state index contributed by atoms with van der Waals surface area (Å²) in [5, 5.41) is 14.7. The highest BCUT2D eigenvalue weighted by Gasteiger charge is 2.47. The minimum Gasteiger partial charge on any atom is -0.495 e. The number of nitrogens with one attached hydrogen (secondary N) is 1. The summed E-state index contributed by atoms with van der Waals surface area (Å²) in [7, 11) is 1.45. The molecule has 1 heterocycles. The number of carbonyl (C=O) groups excluding carboxylic acids is 1. The van der Waals surface area contributed by atoms with Crippen molar-refractivity contribution in [1.82, 2.24) is 10.2 Å². The summed E-state index contributed by atoms with van der Waals surface area (Å²) in [4.78, 5) is 15.5. The van der Waals surface area contributed by atoms with E-state index in [1.54, 1.807) is 24.3 Å². The molecule has 1 aliphatic carbocycles. The Labute approximate surface area is 215 Å². The maximum absolute atomic E-state index is 14.0. The molecule has 1 amide bonds. The summed E-state index contributed by atoms with van der Waals surface area (Å²) in [6, 6.07) is 11.4. The number of ether oxygens (including phenoxy) is 1. The van der Waals surface area contributed by atoms with E-state index in [0.717, 1.165) is 24.2 Å². The first kappa shape index (κ1) is 26.2. The van der Waals surface area contributed by atoms with E-state index in [4.69, 9.17) is 16.3 Å². The van der Waals surface area contributed by atoms with Gasteiger partial charge in [0.15, 0.2) is 0 Å². The van der Waals surface area contributed by atoms with Gasteiger partial charge in [-0.2, -0.15) is 0 Å². The summed E-state index contributed by atoms with van der Waals surface area (Å²) in [5.74, 6) is -3.01. The predicted octanol–water partition coefficient (Wildman–Crippen LogP) is 5.99. The van der Waals surface area contributed by atoms with Crippen molar-refractivity contribution in [2.75, 3.05) is 20.2 Å². The number of hydrogen-bond acceptors (Lipinski definition) is 4. The standard InChI is InChI=1S/C28H31ClF2N2O3/c1-3-33-16-6-9-21(18-33)19-7-4-8-20(17-19)25(27(35)12-14-28(30,31)15-13-27)32-26(34)22-10-5-11-23(36-2)24(22)29/h4-11,17-18,25,35H,3,12-16H2,1-2H3,(H,32,34). The molecule has 1 unspecified atom stereocenters. The van der Waals surface area contributed by atoms with Crippen LogP contribution in [0.25, 0.3) is 5.57 Å². The van der Waals surface area contributed by atoms with E-state index in [-0.39, 0.29) is 23.4 Å². The van der Waals surface area contributed by atoms with Gasteiger partial charge in [-0.3, -0.25) is 4.79 Å². The smallest absolute Gasteiger partial charge is 0.253 e. The highest BCUT2D eigenvalue weighted by molar-refractivity contribution is 6.35. The number of aliphatic hydroxyl groups is 1. The molecular weight excluding hydrogens is 486 g/mol. The molecule has 192 valence electrons. The van der Waals surface area contributed by atoms with Gasteiger partial charge in [-0.1, -0.05) is 48.0 Å². The predicted molar refractivity (Wildman–Crippen MR) is 137 cm³/mol. The first-order valence-corrected chi connectivity index (χ1v) is 12.5. The zero-order chi connectivity index (χ0) is 25.9. The molecule has 0 bridgehead atoms. The van der Waals surface area contributed by atoms with Gasteiger partial charge in [-0.15, -0.1) is 0 Å². The van der Waals surface area contributed by atoms with Crippen molar-refractivity contribution in [2.24, 2.45) is 0 Å². The molecule has 0 spiro atoms. The van der Waals surface area contributed by atoms with Crippen molar-refractivity contribution in [1.29, 1.82) is 0 Å². The zero-order valence-corrected chi connectivity index (χ0v) is 21.2. The molecule has 1 atom stereocenters. The molecule has 5 nitrogen and oxygen atoms in total. The Balaban J connectivity index is 1.71. The van der Waals surface area contributed by atoms with Crippen LogP contribution in [0.1, 0.15) is 60.1 Å². The highest BCUT2D eigenvalue weighted by atomic mass is 35.5. The topological polar surface area (TPSA) is 61.8 Å². The first-order valence-electron chi connectivity index (χ1n) is 12.1. The fourth-order valence-corrected chi connectivity index (χ4v) is 5.10. The SMILES string of the molecule is CCN1C=C(c2cccc(C(NC(=O)c3cccc(OC)c3Cl)C3(O)CCC(F)(F)CC3)c2)C=CC1. The summed E-state index contributed by atoms with van der Waals surface area (Å²) < 4.78 is 33.2. The number of rotatable bonds is 7. The van der Waals surface area contributed by atoms with Crippen molar-refractivity contribution in [3.8, 4) is 5.75 Å². The maximum Gasteiger partial charge on any atom is 0.253 e. The lowest BCUT2D eigenvalue weighted by atomic mass is 9.75. The maximum atomic E-state index is 14.0. The second kappa shape index (κ2) is 10.6. The molecule has 8 heteroatoms. The molecule has 0 saturated heterocycles. The molecule has 36 heavy (non-hydrogen) atoms. The molecule has 2 aromatic rings. The van der Waals surface area contributed by atoms with Crippen molar-refractivity contribution < 1.29 is 23.4 Å². The minimum atomic E-state index is -2.83. The number of allylic oxidation sites excluding steroid dienone is 2. The van der Waals surface area contributed by atoms with Crippen LogP contribution in [0.2, 0.25) is 5.02 Å². The molecule has 1 aliphatic heterocycles. The van der Waals surface area contributed by atoms with Crippen LogP contribution < -0.4 is 10.1 Å². The molecule has 0 radical (unpaired) electrons. The fraction of sp³-hybridized carbons (Fsp3) is 0.393. The van der Waals surface area contributed by atoms with E-state index in [2.05, 4.69) is 29.4 Å². The van der Waals surface area contributed by atoms with Gasteiger partial charge in [0.2, 0.25) is 5.92 Å². The molecule has 2 N–H and O–H groups in total. The van der Waals surface area contributed by atoms with Crippen molar-refractivity contribution in [3.05, 3.63) is 82.5 Å². The molecular formula is C28H31ClF2N2O3. The van der Waals surface area contributed by atoms with E-state index < -0.39 is 36.3 Å². The summed E-state index contributed by atoms with van der Waals surface area (Å²) in [6.45, 7) is 3.77.